The van der Waals surface area contributed by atoms with Gasteiger partial charge in [-0.15, -0.1) is 0 Å². The van der Waals surface area contributed by atoms with Gasteiger partial charge in [-0.1, -0.05) is 11.6 Å². The molecule has 1 fully saturated rings. The normalized spacial score (nSPS) is 19.6. The van der Waals surface area contributed by atoms with Crippen LogP contribution < -0.4 is 0 Å². The molecule has 3 rings (SSSR count). The predicted octanol–water partition coefficient (Wildman–Crippen LogP) is 3.41. The number of rotatable bonds is 4. The minimum Gasteiger partial charge on any atom is -0.444 e. The smallest absolute Gasteiger partial charge is 0.226 e. The number of carbonyl (C=O) groups excluding carboxylic acids is 1. The van der Waals surface area contributed by atoms with Gasteiger partial charge in [-0.25, -0.2) is 4.98 Å². The first-order valence-corrected chi connectivity index (χ1v) is 7.50. The Balaban J connectivity index is 1.67. The van der Waals surface area contributed by atoms with Gasteiger partial charge in [0.1, 0.15) is 12.5 Å². The monoisotopic (exact) mass is 304 g/mol. The summed E-state index contributed by atoms with van der Waals surface area (Å²) in [5, 5.41) is 0.693. The quantitative estimate of drug-likeness (QED) is 0.812. The molecule has 21 heavy (non-hydrogen) atoms. The average Bonchev–Trinajstić information content (AvgIpc) is 2.96. The second kappa shape index (κ2) is 6.41. The minimum absolute atomic E-state index is 0.154. The molecular formula is C16H17ClN2O2. The highest BCUT2D eigenvalue weighted by molar-refractivity contribution is 6.30. The second-order valence-corrected chi connectivity index (χ2v) is 5.86. The minimum atomic E-state index is 0.154. The fourth-order valence-corrected chi connectivity index (χ4v) is 2.81. The lowest BCUT2D eigenvalue weighted by atomic mass is 10.00. The summed E-state index contributed by atoms with van der Waals surface area (Å²) in [5.41, 5.74) is 1.81. The van der Waals surface area contributed by atoms with Crippen LogP contribution in [0.2, 0.25) is 5.02 Å². The van der Waals surface area contributed by atoms with Crippen molar-refractivity contribution in [1.29, 1.82) is 0 Å². The van der Waals surface area contributed by atoms with Gasteiger partial charge in [0.15, 0.2) is 0 Å². The highest BCUT2D eigenvalue weighted by Crippen LogP contribution is 2.22. The molecule has 1 aromatic carbocycles. The molecular weight excluding hydrogens is 288 g/mol. The summed E-state index contributed by atoms with van der Waals surface area (Å²) >= 11 is 5.87. The topological polar surface area (TPSA) is 46.3 Å². The number of nitrogens with zero attached hydrogens (tertiary/aromatic N) is 2. The molecule has 1 aliphatic heterocycles. The van der Waals surface area contributed by atoms with Gasteiger partial charge in [-0.05, 0) is 43.7 Å². The number of aromatic nitrogens is 1. The van der Waals surface area contributed by atoms with E-state index in [9.17, 15) is 4.79 Å². The first-order chi connectivity index (χ1) is 10.2. The zero-order valence-electron chi connectivity index (χ0n) is 11.7. The van der Waals surface area contributed by atoms with Crippen LogP contribution in [0.4, 0.5) is 0 Å². The van der Waals surface area contributed by atoms with Crippen molar-refractivity contribution in [1.82, 2.24) is 9.88 Å². The Morgan fingerprint density at radius 2 is 2.19 bits per heavy atom. The fourth-order valence-electron chi connectivity index (χ4n) is 2.68. The van der Waals surface area contributed by atoms with Crippen molar-refractivity contribution in [3.63, 3.8) is 0 Å². The van der Waals surface area contributed by atoms with E-state index in [4.69, 9.17) is 16.0 Å². The second-order valence-electron chi connectivity index (χ2n) is 5.42. The van der Waals surface area contributed by atoms with Crippen molar-refractivity contribution in [2.24, 2.45) is 5.92 Å². The van der Waals surface area contributed by atoms with Crippen molar-refractivity contribution in [3.05, 3.63) is 41.2 Å². The zero-order chi connectivity index (χ0) is 14.7. The van der Waals surface area contributed by atoms with Crippen LogP contribution in [-0.4, -0.2) is 29.3 Å². The Labute approximate surface area is 128 Å². The highest BCUT2D eigenvalue weighted by Gasteiger charge is 2.20. The number of carbonyl (C=O) groups is 1. The van der Waals surface area contributed by atoms with E-state index in [2.05, 4.69) is 9.88 Å². The van der Waals surface area contributed by atoms with E-state index >= 15 is 0 Å². The number of halogens is 1. The molecule has 0 saturated carbocycles. The van der Waals surface area contributed by atoms with Gasteiger partial charge in [0.05, 0.1) is 5.69 Å². The number of aldehydes is 1. The first kappa shape index (κ1) is 14.3. The van der Waals surface area contributed by atoms with E-state index in [-0.39, 0.29) is 5.92 Å². The number of benzene rings is 1. The third kappa shape index (κ3) is 3.52. The molecule has 1 unspecified atom stereocenters. The Hall–Kier alpha value is -1.65. The Morgan fingerprint density at radius 3 is 2.95 bits per heavy atom. The molecule has 5 heteroatoms. The van der Waals surface area contributed by atoms with Gasteiger partial charge in [0.2, 0.25) is 5.89 Å². The number of piperidine rings is 1. The number of hydrogen-bond acceptors (Lipinski definition) is 4. The van der Waals surface area contributed by atoms with Crippen LogP contribution in [0.15, 0.2) is 34.9 Å². The lowest BCUT2D eigenvalue weighted by molar-refractivity contribution is -0.112. The lowest BCUT2D eigenvalue weighted by Crippen LogP contribution is -2.35. The summed E-state index contributed by atoms with van der Waals surface area (Å²) in [4.78, 5) is 17.7. The molecule has 0 spiro atoms. The lowest BCUT2D eigenvalue weighted by Gasteiger charge is -2.29. The summed E-state index contributed by atoms with van der Waals surface area (Å²) in [7, 11) is 0. The van der Waals surface area contributed by atoms with Crippen LogP contribution in [0.1, 0.15) is 18.5 Å². The van der Waals surface area contributed by atoms with E-state index in [1.54, 1.807) is 6.26 Å². The number of hydrogen-bond donors (Lipinski definition) is 0. The van der Waals surface area contributed by atoms with E-state index in [0.29, 0.717) is 10.9 Å². The summed E-state index contributed by atoms with van der Waals surface area (Å²) in [6.07, 6.45) is 4.81. The Morgan fingerprint density at radius 1 is 1.38 bits per heavy atom. The SMILES string of the molecule is O=CC1CCCN(Cc2coc(-c3ccc(Cl)cc3)n2)C1. The first-order valence-electron chi connectivity index (χ1n) is 7.12. The molecule has 1 aromatic heterocycles. The van der Waals surface area contributed by atoms with Crippen LogP contribution in [0.25, 0.3) is 11.5 Å². The maximum absolute atomic E-state index is 10.9. The summed E-state index contributed by atoms with van der Waals surface area (Å²) in [6.45, 7) is 2.54. The molecule has 4 nitrogen and oxygen atoms in total. The predicted molar refractivity (Wildman–Crippen MR) is 81.0 cm³/mol. The molecule has 0 N–H and O–H groups in total. The molecule has 1 saturated heterocycles. The molecule has 0 radical (unpaired) electrons. The third-order valence-electron chi connectivity index (χ3n) is 3.76. The van der Waals surface area contributed by atoms with Gasteiger partial charge in [0, 0.05) is 29.6 Å². The summed E-state index contributed by atoms with van der Waals surface area (Å²) in [5.74, 6) is 0.756. The van der Waals surface area contributed by atoms with Gasteiger partial charge < -0.3 is 9.21 Å². The summed E-state index contributed by atoms with van der Waals surface area (Å²) < 4.78 is 5.53. The maximum atomic E-state index is 10.9. The van der Waals surface area contributed by atoms with Crippen LogP contribution >= 0.6 is 11.6 Å². The van der Waals surface area contributed by atoms with Crippen LogP contribution in [0, 0.1) is 5.92 Å². The highest BCUT2D eigenvalue weighted by atomic mass is 35.5. The standard InChI is InChI=1S/C16H17ClN2O2/c17-14-5-3-13(4-6-14)16-18-15(11-21-16)9-19-7-1-2-12(8-19)10-20/h3-6,10-12H,1-2,7-9H2. The van der Waals surface area contributed by atoms with E-state index in [1.807, 2.05) is 24.3 Å². The molecule has 0 aliphatic carbocycles. The van der Waals surface area contributed by atoms with Gasteiger partial charge in [-0.2, -0.15) is 0 Å². The molecule has 1 atom stereocenters. The Kier molecular flexibility index (Phi) is 4.36. The van der Waals surface area contributed by atoms with E-state index in [1.165, 1.54) is 0 Å². The molecule has 0 amide bonds. The van der Waals surface area contributed by atoms with Crippen molar-refractivity contribution in [3.8, 4) is 11.5 Å². The van der Waals surface area contributed by atoms with Gasteiger partial charge in [-0.3, -0.25) is 4.90 Å². The zero-order valence-corrected chi connectivity index (χ0v) is 12.4. The molecule has 0 bridgehead atoms. The fraction of sp³-hybridized carbons (Fsp3) is 0.375. The molecule has 110 valence electrons. The Bertz CT molecular complexity index is 609. The molecule has 2 aromatic rings. The van der Waals surface area contributed by atoms with Crippen molar-refractivity contribution in [2.75, 3.05) is 13.1 Å². The maximum Gasteiger partial charge on any atom is 0.226 e. The van der Waals surface area contributed by atoms with E-state index < -0.39 is 0 Å². The van der Waals surface area contributed by atoms with Gasteiger partial charge in [0.25, 0.3) is 0 Å². The molecule has 1 aliphatic rings. The molecule has 2 heterocycles. The average molecular weight is 305 g/mol. The van der Waals surface area contributed by atoms with Crippen molar-refractivity contribution < 1.29 is 9.21 Å². The van der Waals surface area contributed by atoms with Gasteiger partial charge >= 0.3 is 0 Å². The van der Waals surface area contributed by atoms with E-state index in [0.717, 1.165) is 50.0 Å². The number of oxazole rings is 1. The van der Waals surface area contributed by atoms with Crippen molar-refractivity contribution in [2.45, 2.75) is 19.4 Å². The largest absolute Gasteiger partial charge is 0.444 e. The van der Waals surface area contributed by atoms with Crippen LogP contribution in [0.3, 0.4) is 0 Å². The summed E-state index contributed by atoms with van der Waals surface area (Å²) in [6, 6.07) is 7.42. The third-order valence-corrected chi connectivity index (χ3v) is 4.01. The van der Waals surface area contributed by atoms with Crippen LogP contribution in [-0.2, 0) is 11.3 Å². The van der Waals surface area contributed by atoms with Crippen LogP contribution in [0.5, 0.6) is 0 Å². The number of likely N-dealkylation sites (tertiary alicyclic amines) is 1. The van der Waals surface area contributed by atoms with Crippen molar-refractivity contribution >= 4 is 17.9 Å².